The average Bonchev–Trinajstić information content (AvgIpc) is 2.40. The predicted molar refractivity (Wildman–Crippen MR) is 82.9 cm³/mol. The quantitative estimate of drug-likeness (QED) is 0.894. The molecule has 21 heavy (non-hydrogen) atoms. The van der Waals surface area contributed by atoms with E-state index < -0.39 is 22.4 Å². The van der Waals surface area contributed by atoms with E-state index in [4.69, 9.17) is 11.6 Å². The van der Waals surface area contributed by atoms with Gasteiger partial charge in [-0.2, -0.15) is 0 Å². The molecule has 112 valence electrons. The zero-order valence-electron chi connectivity index (χ0n) is 11.3. The van der Waals surface area contributed by atoms with E-state index in [-0.39, 0.29) is 6.54 Å². The Hall–Kier alpha value is -1.46. The summed E-state index contributed by atoms with van der Waals surface area (Å²) in [7, 11) is -0.995. The molecule has 2 aromatic rings. The van der Waals surface area contributed by atoms with E-state index in [1.807, 2.05) is 0 Å². The minimum Gasteiger partial charge on any atom is -0.381 e. The van der Waals surface area contributed by atoms with Crippen LogP contribution in [0.4, 0.5) is 14.5 Å². The fourth-order valence-electron chi connectivity index (χ4n) is 1.88. The van der Waals surface area contributed by atoms with Crippen LogP contribution >= 0.6 is 11.6 Å². The van der Waals surface area contributed by atoms with E-state index in [0.29, 0.717) is 16.3 Å². The first-order valence-corrected chi connectivity index (χ1v) is 8.32. The third-order valence-corrected chi connectivity index (χ3v) is 3.99. The molecule has 0 fully saturated rings. The van der Waals surface area contributed by atoms with Crippen molar-refractivity contribution in [3.05, 3.63) is 64.2 Å². The van der Waals surface area contributed by atoms with Crippen LogP contribution in [0.5, 0.6) is 0 Å². The molecule has 0 aliphatic heterocycles. The van der Waals surface area contributed by atoms with Crippen LogP contribution in [0.1, 0.15) is 11.1 Å². The summed E-state index contributed by atoms with van der Waals surface area (Å²) in [5.74, 6) is -0.832. The summed E-state index contributed by atoms with van der Waals surface area (Å²) >= 11 is 6.04. The molecule has 2 nitrogen and oxygen atoms in total. The van der Waals surface area contributed by atoms with Crippen molar-refractivity contribution in [2.75, 3.05) is 11.6 Å². The Morgan fingerprint density at radius 3 is 2.57 bits per heavy atom. The van der Waals surface area contributed by atoms with Crippen molar-refractivity contribution in [2.24, 2.45) is 0 Å². The molecule has 0 aliphatic rings. The highest BCUT2D eigenvalue weighted by molar-refractivity contribution is 7.83. The summed E-state index contributed by atoms with van der Waals surface area (Å²) < 4.78 is 37.6. The molecule has 0 radical (unpaired) electrons. The van der Waals surface area contributed by atoms with Crippen LogP contribution in [0.2, 0.25) is 5.02 Å². The molecule has 0 aromatic heterocycles. The molecule has 6 heteroatoms. The van der Waals surface area contributed by atoms with Crippen molar-refractivity contribution < 1.29 is 13.0 Å². The van der Waals surface area contributed by atoms with Gasteiger partial charge in [-0.05, 0) is 29.8 Å². The van der Waals surface area contributed by atoms with Crippen LogP contribution in [0, 0.1) is 11.6 Å². The number of benzene rings is 2. The maximum atomic E-state index is 13.5. The van der Waals surface area contributed by atoms with Gasteiger partial charge in [0.25, 0.3) is 0 Å². The van der Waals surface area contributed by atoms with Gasteiger partial charge >= 0.3 is 0 Å². The molecule has 0 saturated carbocycles. The SMILES string of the molecule is C[S@](=O)Cc1cc(NCc2ccc(F)cc2F)ccc1Cl. The fraction of sp³-hybridized carbons (Fsp3) is 0.200. The summed E-state index contributed by atoms with van der Waals surface area (Å²) in [6, 6.07) is 8.71. The van der Waals surface area contributed by atoms with Crippen LogP contribution in [0.3, 0.4) is 0 Å². The Bertz CT molecular complexity index is 679. The zero-order valence-corrected chi connectivity index (χ0v) is 12.9. The summed E-state index contributed by atoms with van der Waals surface area (Å²) in [5.41, 5.74) is 1.87. The molecule has 1 atom stereocenters. The first-order valence-electron chi connectivity index (χ1n) is 6.22. The minimum atomic E-state index is -0.995. The largest absolute Gasteiger partial charge is 0.381 e. The second-order valence-corrected chi connectivity index (χ2v) is 6.46. The summed E-state index contributed by atoms with van der Waals surface area (Å²) in [4.78, 5) is 0. The lowest BCUT2D eigenvalue weighted by Gasteiger charge is -2.10. The standard InChI is InChI=1S/C15H14ClF2NOS/c1-21(20)9-11-6-13(4-5-14(11)16)19-8-10-2-3-12(17)7-15(10)18/h2-7,19H,8-9H2,1H3/t21-/m0/s1. The van der Waals surface area contributed by atoms with Gasteiger partial charge in [0, 0.05) is 51.7 Å². The fourth-order valence-corrected chi connectivity index (χ4v) is 2.82. The van der Waals surface area contributed by atoms with Crippen molar-refractivity contribution in [2.45, 2.75) is 12.3 Å². The lowest BCUT2D eigenvalue weighted by atomic mass is 10.2. The molecule has 0 amide bonds. The highest BCUT2D eigenvalue weighted by Gasteiger charge is 2.06. The maximum Gasteiger partial charge on any atom is 0.131 e. The monoisotopic (exact) mass is 329 g/mol. The number of hydrogen-bond acceptors (Lipinski definition) is 2. The van der Waals surface area contributed by atoms with Gasteiger partial charge in [0.05, 0.1) is 0 Å². The Morgan fingerprint density at radius 1 is 1.14 bits per heavy atom. The Balaban J connectivity index is 2.11. The smallest absolute Gasteiger partial charge is 0.131 e. The van der Waals surface area contributed by atoms with Gasteiger partial charge in [-0.3, -0.25) is 4.21 Å². The van der Waals surface area contributed by atoms with Gasteiger partial charge in [-0.25, -0.2) is 8.78 Å². The third kappa shape index (κ3) is 4.51. The van der Waals surface area contributed by atoms with E-state index in [9.17, 15) is 13.0 Å². The first kappa shape index (κ1) is 15.9. The van der Waals surface area contributed by atoms with Gasteiger partial charge < -0.3 is 5.32 Å². The van der Waals surface area contributed by atoms with Crippen LogP contribution in [0.25, 0.3) is 0 Å². The molecule has 0 unspecified atom stereocenters. The van der Waals surface area contributed by atoms with Gasteiger partial charge in [0.15, 0.2) is 0 Å². The van der Waals surface area contributed by atoms with E-state index >= 15 is 0 Å². The minimum absolute atomic E-state index is 0.225. The summed E-state index contributed by atoms with van der Waals surface area (Å²) in [5, 5.41) is 3.59. The molecule has 0 saturated heterocycles. The second kappa shape index (κ2) is 7.00. The predicted octanol–water partition coefficient (Wildman–Crippen LogP) is 4.11. The molecule has 0 spiro atoms. The Labute approximate surface area is 129 Å². The van der Waals surface area contributed by atoms with Crippen molar-refractivity contribution >= 4 is 28.1 Å². The zero-order chi connectivity index (χ0) is 15.4. The number of nitrogens with one attached hydrogen (secondary N) is 1. The second-order valence-electron chi connectivity index (χ2n) is 4.61. The summed E-state index contributed by atoms with van der Waals surface area (Å²) in [6.07, 6.45) is 1.60. The van der Waals surface area contributed by atoms with Crippen molar-refractivity contribution in [3.63, 3.8) is 0 Å². The molecular weight excluding hydrogens is 316 g/mol. The first-order chi connectivity index (χ1) is 9.95. The number of halogens is 3. The van der Waals surface area contributed by atoms with Crippen LogP contribution < -0.4 is 5.32 Å². The molecule has 0 bridgehead atoms. The number of anilines is 1. The highest BCUT2D eigenvalue weighted by atomic mass is 35.5. The molecule has 2 aromatic carbocycles. The molecule has 1 N–H and O–H groups in total. The van der Waals surface area contributed by atoms with Crippen molar-refractivity contribution in [3.8, 4) is 0 Å². The Morgan fingerprint density at radius 2 is 1.90 bits per heavy atom. The Kier molecular flexibility index (Phi) is 5.31. The van der Waals surface area contributed by atoms with Crippen LogP contribution in [-0.4, -0.2) is 10.5 Å². The molecule has 0 aliphatic carbocycles. The molecular formula is C15H14ClF2NOS. The number of rotatable bonds is 5. The van der Waals surface area contributed by atoms with Crippen LogP contribution in [0.15, 0.2) is 36.4 Å². The normalized spacial score (nSPS) is 12.2. The lowest BCUT2D eigenvalue weighted by molar-refractivity contribution is 0.574. The van der Waals surface area contributed by atoms with Gasteiger partial charge in [0.1, 0.15) is 11.6 Å². The van der Waals surface area contributed by atoms with E-state index in [1.54, 1.807) is 24.5 Å². The van der Waals surface area contributed by atoms with E-state index in [2.05, 4.69) is 5.32 Å². The van der Waals surface area contributed by atoms with Gasteiger partial charge in [-0.15, -0.1) is 0 Å². The van der Waals surface area contributed by atoms with E-state index in [0.717, 1.165) is 17.3 Å². The summed E-state index contributed by atoms with van der Waals surface area (Å²) in [6.45, 7) is 0.225. The van der Waals surface area contributed by atoms with Crippen molar-refractivity contribution in [1.82, 2.24) is 0 Å². The highest BCUT2D eigenvalue weighted by Crippen LogP contribution is 2.22. The van der Waals surface area contributed by atoms with Gasteiger partial charge in [0.2, 0.25) is 0 Å². The molecule has 2 rings (SSSR count). The topological polar surface area (TPSA) is 29.1 Å². The molecule has 0 heterocycles. The third-order valence-electron chi connectivity index (χ3n) is 2.90. The lowest BCUT2D eigenvalue weighted by Crippen LogP contribution is -2.03. The van der Waals surface area contributed by atoms with Crippen molar-refractivity contribution in [1.29, 1.82) is 0 Å². The van der Waals surface area contributed by atoms with Crippen LogP contribution in [-0.2, 0) is 23.1 Å². The maximum absolute atomic E-state index is 13.5. The average molecular weight is 330 g/mol. The number of hydrogen-bond donors (Lipinski definition) is 1. The van der Waals surface area contributed by atoms with E-state index in [1.165, 1.54) is 12.1 Å². The van der Waals surface area contributed by atoms with Gasteiger partial charge in [-0.1, -0.05) is 17.7 Å².